The summed E-state index contributed by atoms with van der Waals surface area (Å²) in [6.07, 6.45) is -0.915. The molecule has 1 aliphatic carbocycles. The molecular weight excluding hydrogens is 433 g/mol. The number of carboxylic acid groups (broad SMARTS) is 1. The summed E-state index contributed by atoms with van der Waals surface area (Å²) in [4.78, 5) is 11.8. The number of carboxylic acids is 1. The van der Waals surface area contributed by atoms with Crippen LogP contribution in [0.3, 0.4) is 0 Å². The first kappa shape index (κ1) is 21.9. The first-order valence-corrected chi connectivity index (χ1v) is 10.5. The van der Waals surface area contributed by atoms with Crippen molar-refractivity contribution in [3.8, 4) is 0 Å². The molecule has 3 unspecified atom stereocenters. The number of hydrogen-bond donors (Lipinski definition) is 4. The van der Waals surface area contributed by atoms with Crippen molar-refractivity contribution in [3.63, 3.8) is 0 Å². The third-order valence-electron chi connectivity index (χ3n) is 4.76. The van der Waals surface area contributed by atoms with Gasteiger partial charge in [-0.2, -0.15) is 0 Å². The zero-order valence-electron chi connectivity index (χ0n) is 14.9. The minimum absolute atomic E-state index is 0.0283. The quantitative estimate of drug-likeness (QED) is 0.498. The molecule has 1 aromatic carbocycles. The number of nitrogens with one attached hydrogen (secondary N) is 1. The van der Waals surface area contributed by atoms with Gasteiger partial charge in [-0.25, -0.2) is 17.6 Å². The zero-order valence-corrected chi connectivity index (χ0v) is 16.5. The topological polar surface area (TPSA) is 142 Å². The second-order valence-corrected chi connectivity index (χ2v) is 8.96. The van der Waals surface area contributed by atoms with Crippen molar-refractivity contribution in [1.29, 1.82) is 0 Å². The van der Waals surface area contributed by atoms with Crippen LogP contribution >= 0.6 is 11.6 Å². The Morgan fingerprint density at radius 2 is 1.90 bits per heavy atom. The van der Waals surface area contributed by atoms with Crippen LogP contribution in [0.4, 0.5) is 10.1 Å². The molecule has 29 heavy (non-hydrogen) atoms. The maximum atomic E-state index is 13.2. The average Bonchev–Trinajstić information content (AvgIpc) is 3.01. The molecule has 0 saturated carbocycles. The Bertz CT molecular complexity index is 925. The number of benzene rings is 1. The third kappa shape index (κ3) is 4.39. The highest BCUT2D eigenvalue weighted by molar-refractivity contribution is 7.93. The lowest BCUT2D eigenvalue weighted by Gasteiger charge is -2.33. The second-order valence-electron chi connectivity index (χ2n) is 6.69. The van der Waals surface area contributed by atoms with Gasteiger partial charge in [0.1, 0.15) is 23.3 Å². The molecule has 0 bridgehead atoms. The molecule has 1 aromatic rings. The molecular formula is C17H19ClFNO8S. The predicted molar refractivity (Wildman–Crippen MR) is 99.3 cm³/mol. The Balaban J connectivity index is 1.91. The number of carbonyl (C=O) groups is 1. The van der Waals surface area contributed by atoms with Crippen molar-refractivity contribution < 1.29 is 42.4 Å². The van der Waals surface area contributed by atoms with Crippen LogP contribution in [0.25, 0.3) is 0 Å². The van der Waals surface area contributed by atoms with Crippen LogP contribution in [0.5, 0.6) is 0 Å². The van der Waals surface area contributed by atoms with Crippen LogP contribution in [-0.2, 0) is 24.3 Å². The van der Waals surface area contributed by atoms with Crippen LogP contribution in [0, 0.1) is 5.82 Å². The van der Waals surface area contributed by atoms with Crippen LogP contribution < -0.4 is 4.72 Å². The molecule has 1 fully saturated rings. The van der Waals surface area contributed by atoms with Gasteiger partial charge in [0.05, 0.1) is 29.5 Å². The van der Waals surface area contributed by atoms with Crippen molar-refractivity contribution in [3.05, 3.63) is 40.7 Å². The number of aliphatic hydroxyl groups is 2. The molecule has 1 spiro atoms. The van der Waals surface area contributed by atoms with E-state index in [2.05, 4.69) is 4.72 Å². The Labute approximate surface area is 170 Å². The number of ether oxygens (including phenoxy) is 2. The van der Waals surface area contributed by atoms with E-state index >= 15 is 0 Å². The van der Waals surface area contributed by atoms with E-state index < -0.39 is 63.8 Å². The number of rotatable bonds is 6. The van der Waals surface area contributed by atoms with Gasteiger partial charge in [0.25, 0.3) is 0 Å². The van der Waals surface area contributed by atoms with E-state index in [9.17, 15) is 32.9 Å². The molecule has 4 N–H and O–H groups in total. The van der Waals surface area contributed by atoms with Crippen molar-refractivity contribution in [2.24, 2.45) is 0 Å². The fourth-order valence-corrected chi connectivity index (χ4v) is 5.22. The van der Waals surface area contributed by atoms with Crippen molar-refractivity contribution in [1.82, 2.24) is 0 Å². The maximum Gasteiger partial charge on any atom is 0.332 e. The maximum absolute atomic E-state index is 13.2. The molecule has 0 radical (unpaired) electrons. The van der Waals surface area contributed by atoms with Crippen LogP contribution in [0.1, 0.15) is 12.8 Å². The van der Waals surface area contributed by atoms with Gasteiger partial charge in [0, 0.05) is 6.42 Å². The Kier molecular flexibility index (Phi) is 6.18. The summed E-state index contributed by atoms with van der Waals surface area (Å²) in [5.74, 6) is -3.71. The molecule has 12 heteroatoms. The molecule has 0 aromatic heterocycles. The van der Waals surface area contributed by atoms with Gasteiger partial charge < -0.3 is 24.8 Å². The molecule has 1 saturated heterocycles. The second kappa shape index (κ2) is 8.17. The highest BCUT2D eigenvalue weighted by Crippen LogP contribution is 2.41. The lowest BCUT2D eigenvalue weighted by Crippen LogP contribution is -2.42. The van der Waals surface area contributed by atoms with Gasteiger partial charge >= 0.3 is 5.97 Å². The van der Waals surface area contributed by atoms with Crippen LogP contribution in [0.2, 0.25) is 5.02 Å². The van der Waals surface area contributed by atoms with Crippen molar-refractivity contribution in [2.75, 3.05) is 17.9 Å². The monoisotopic (exact) mass is 451 g/mol. The van der Waals surface area contributed by atoms with Gasteiger partial charge in [-0.3, -0.25) is 4.72 Å². The highest BCUT2D eigenvalue weighted by Gasteiger charge is 2.51. The third-order valence-corrected chi connectivity index (χ3v) is 6.81. The van der Waals surface area contributed by atoms with E-state index in [0.29, 0.717) is 0 Å². The molecule has 0 amide bonds. The van der Waals surface area contributed by atoms with E-state index in [0.717, 1.165) is 24.3 Å². The van der Waals surface area contributed by atoms with E-state index in [4.69, 9.17) is 21.1 Å². The normalized spacial score (nSPS) is 29.7. The number of aliphatic carboxylic acids is 1. The van der Waals surface area contributed by atoms with Crippen LogP contribution in [0.15, 0.2) is 29.8 Å². The van der Waals surface area contributed by atoms with Gasteiger partial charge in [-0.1, -0.05) is 11.6 Å². The number of halogens is 2. The van der Waals surface area contributed by atoms with Crippen molar-refractivity contribution >= 4 is 33.3 Å². The van der Waals surface area contributed by atoms with Crippen molar-refractivity contribution in [2.45, 2.75) is 36.1 Å². The van der Waals surface area contributed by atoms with Crippen LogP contribution in [-0.4, -0.2) is 66.2 Å². The SMILES string of the molecule is O=C(O)C1=CC2(CCC1S(=O)(=O)Nc1ccc(F)cc1Cl)OC(CO)C(CO)O2. The molecule has 3 atom stereocenters. The number of sulfonamides is 1. The molecule has 1 aliphatic heterocycles. The number of hydrogen-bond acceptors (Lipinski definition) is 7. The van der Waals surface area contributed by atoms with Gasteiger partial charge in [-0.05, 0) is 30.7 Å². The smallest absolute Gasteiger partial charge is 0.332 e. The van der Waals surface area contributed by atoms with E-state index in [1.165, 1.54) is 0 Å². The lowest BCUT2D eigenvalue weighted by atomic mass is 9.94. The fourth-order valence-electron chi connectivity index (χ4n) is 3.40. The molecule has 9 nitrogen and oxygen atoms in total. The summed E-state index contributed by atoms with van der Waals surface area (Å²) in [6.45, 7) is -0.925. The van der Waals surface area contributed by atoms with E-state index in [1.807, 2.05) is 0 Å². The summed E-state index contributed by atoms with van der Waals surface area (Å²) >= 11 is 5.85. The fraction of sp³-hybridized carbons (Fsp3) is 0.471. The Morgan fingerprint density at radius 1 is 1.28 bits per heavy atom. The summed E-state index contributed by atoms with van der Waals surface area (Å²) in [5.41, 5.74) is -0.579. The van der Waals surface area contributed by atoms with Gasteiger partial charge in [0.2, 0.25) is 10.0 Å². The first-order chi connectivity index (χ1) is 13.6. The molecule has 2 aliphatic rings. The summed E-state index contributed by atoms with van der Waals surface area (Å²) in [5, 5.41) is 26.6. The summed E-state index contributed by atoms with van der Waals surface area (Å²) in [6, 6.07) is 3.07. The molecule has 3 rings (SSSR count). The minimum atomic E-state index is -4.27. The Morgan fingerprint density at radius 3 is 2.41 bits per heavy atom. The first-order valence-electron chi connectivity index (χ1n) is 8.61. The number of anilines is 1. The van der Waals surface area contributed by atoms with E-state index in [-0.39, 0.29) is 23.6 Å². The standard InChI is InChI=1S/C17H19ClFNO8S/c18-11-5-9(19)1-2-12(11)20-29(25,26)15-3-4-17(6-10(15)16(23)24)27-13(7-21)14(8-22)28-17/h1-2,5-6,13-15,20-22H,3-4,7-8H2,(H,23,24). The molecule has 1 heterocycles. The zero-order chi connectivity index (χ0) is 21.4. The predicted octanol–water partition coefficient (Wildman–Crippen LogP) is 0.859. The number of aliphatic hydroxyl groups excluding tert-OH is 2. The lowest BCUT2D eigenvalue weighted by molar-refractivity contribution is -0.153. The average molecular weight is 452 g/mol. The highest BCUT2D eigenvalue weighted by atomic mass is 35.5. The van der Waals surface area contributed by atoms with Gasteiger partial charge in [-0.15, -0.1) is 0 Å². The van der Waals surface area contributed by atoms with E-state index in [1.54, 1.807) is 0 Å². The molecule has 160 valence electrons. The summed E-state index contributed by atoms with van der Waals surface area (Å²) < 4.78 is 52.2. The Hall–Kier alpha value is -1.76. The minimum Gasteiger partial charge on any atom is -0.478 e. The largest absolute Gasteiger partial charge is 0.478 e. The van der Waals surface area contributed by atoms with Gasteiger partial charge in [0.15, 0.2) is 5.79 Å². The summed E-state index contributed by atoms with van der Waals surface area (Å²) in [7, 11) is -4.27.